The number of hydrazone groups is 1. The van der Waals surface area contributed by atoms with Gasteiger partial charge in [-0.1, -0.05) is 24.9 Å². The molecule has 3 amide bonds. The summed E-state index contributed by atoms with van der Waals surface area (Å²) in [5.41, 5.74) is 1.40. The molecule has 1 N–H and O–H groups in total. The molecule has 0 radical (unpaired) electrons. The molecule has 1 fully saturated rings. The van der Waals surface area contributed by atoms with Crippen LogP contribution >= 0.6 is 11.6 Å². The van der Waals surface area contributed by atoms with Crippen LogP contribution in [0.25, 0.3) is 0 Å². The summed E-state index contributed by atoms with van der Waals surface area (Å²) in [7, 11) is 0. The summed E-state index contributed by atoms with van der Waals surface area (Å²) in [5.74, 6) is -0.367. The van der Waals surface area contributed by atoms with Crippen molar-refractivity contribution in [2.45, 2.75) is 33.2 Å². The maximum absolute atomic E-state index is 11.3. The highest BCUT2D eigenvalue weighted by Gasteiger charge is 2.26. The molecule has 0 atom stereocenters. The lowest BCUT2D eigenvalue weighted by atomic mass is 10.3. The van der Waals surface area contributed by atoms with Gasteiger partial charge in [-0.3, -0.25) is 14.8 Å². The average Bonchev–Trinajstić information content (AvgIpc) is 2.85. The van der Waals surface area contributed by atoms with Crippen molar-refractivity contribution in [2.24, 2.45) is 5.10 Å². The summed E-state index contributed by atoms with van der Waals surface area (Å²) in [6, 6.07) is -0.529. The number of aromatic nitrogens is 2. The topological polar surface area (TPSA) is 79.6 Å². The molecule has 8 heteroatoms. The molecule has 0 spiro atoms. The molecule has 2 rings (SSSR count). The Kier molecular flexibility index (Phi) is 4.39. The van der Waals surface area contributed by atoms with E-state index in [1.165, 1.54) is 6.21 Å². The number of urea groups is 1. The zero-order valence-electron chi connectivity index (χ0n) is 11.4. The lowest BCUT2D eigenvalue weighted by molar-refractivity contribution is -0.118. The number of rotatable bonds is 5. The summed E-state index contributed by atoms with van der Waals surface area (Å²) in [4.78, 5) is 22.4. The Morgan fingerprint density at radius 2 is 2.25 bits per heavy atom. The Labute approximate surface area is 121 Å². The Morgan fingerprint density at radius 3 is 2.85 bits per heavy atom. The second-order valence-corrected chi connectivity index (χ2v) is 4.88. The van der Waals surface area contributed by atoms with Crippen LogP contribution in [0.2, 0.25) is 5.15 Å². The van der Waals surface area contributed by atoms with Crippen LogP contribution in [0.4, 0.5) is 4.79 Å². The maximum atomic E-state index is 11.3. The van der Waals surface area contributed by atoms with Crippen molar-refractivity contribution in [3.8, 4) is 0 Å². The first-order valence-electron chi connectivity index (χ1n) is 6.41. The minimum absolute atomic E-state index is 0.0734. The van der Waals surface area contributed by atoms with Crippen molar-refractivity contribution in [3.05, 3.63) is 16.4 Å². The third-order valence-electron chi connectivity index (χ3n) is 2.93. The molecule has 0 saturated carbocycles. The Hall–Kier alpha value is -1.89. The third-order valence-corrected chi connectivity index (χ3v) is 3.33. The second-order valence-electron chi connectivity index (χ2n) is 4.52. The first kappa shape index (κ1) is 14.5. The molecule has 7 nitrogen and oxygen atoms in total. The van der Waals surface area contributed by atoms with Crippen LogP contribution in [0, 0.1) is 6.92 Å². The number of unbranched alkanes of at least 4 members (excludes halogenated alkanes) is 1. The molecule has 0 bridgehead atoms. The van der Waals surface area contributed by atoms with Gasteiger partial charge in [-0.2, -0.15) is 10.2 Å². The molecule has 108 valence electrons. The zero-order valence-corrected chi connectivity index (χ0v) is 12.1. The van der Waals surface area contributed by atoms with E-state index >= 15 is 0 Å². The molecule has 1 aliphatic rings. The number of carbonyl (C=O) groups excluding carboxylic acids is 2. The molecule has 20 heavy (non-hydrogen) atoms. The third kappa shape index (κ3) is 2.98. The molecule has 0 unspecified atom stereocenters. The van der Waals surface area contributed by atoms with Gasteiger partial charge in [0.25, 0.3) is 0 Å². The molecule has 1 aliphatic heterocycles. The van der Waals surface area contributed by atoms with Crippen LogP contribution in [-0.4, -0.2) is 39.5 Å². The second kappa shape index (κ2) is 6.04. The number of imide groups is 1. The van der Waals surface area contributed by atoms with Crippen LogP contribution in [0.15, 0.2) is 5.10 Å². The Balaban J connectivity index is 2.15. The minimum atomic E-state index is -0.529. The van der Waals surface area contributed by atoms with Crippen molar-refractivity contribution in [1.29, 1.82) is 0 Å². The molecular weight excluding hydrogens is 282 g/mol. The summed E-state index contributed by atoms with van der Waals surface area (Å²) in [5, 5.41) is 12.0. The Morgan fingerprint density at radius 1 is 1.50 bits per heavy atom. The van der Waals surface area contributed by atoms with Crippen molar-refractivity contribution in [3.63, 3.8) is 0 Å². The van der Waals surface area contributed by atoms with E-state index < -0.39 is 6.03 Å². The smallest absolute Gasteiger partial charge is 0.275 e. The van der Waals surface area contributed by atoms with E-state index in [-0.39, 0.29) is 12.5 Å². The number of nitrogens with zero attached hydrogens (tertiary/aromatic N) is 4. The summed E-state index contributed by atoms with van der Waals surface area (Å²) in [6.07, 6.45) is 3.50. The van der Waals surface area contributed by atoms with E-state index in [1.807, 2.05) is 6.92 Å². The number of hydrogen-bond acceptors (Lipinski definition) is 4. The van der Waals surface area contributed by atoms with Crippen LogP contribution < -0.4 is 5.32 Å². The van der Waals surface area contributed by atoms with Gasteiger partial charge in [0.15, 0.2) is 0 Å². The summed E-state index contributed by atoms with van der Waals surface area (Å²) in [6.45, 7) is 4.59. The number of aryl methyl sites for hydroxylation is 2. The van der Waals surface area contributed by atoms with Gasteiger partial charge in [-0.25, -0.2) is 9.80 Å². The van der Waals surface area contributed by atoms with Gasteiger partial charge in [-0.05, 0) is 13.3 Å². The first-order chi connectivity index (χ1) is 9.52. The van der Waals surface area contributed by atoms with E-state index in [0.717, 1.165) is 30.1 Å². The number of halogens is 1. The summed E-state index contributed by atoms with van der Waals surface area (Å²) < 4.78 is 1.72. The van der Waals surface area contributed by atoms with E-state index in [0.29, 0.717) is 10.7 Å². The molecule has 0 aromatic carbocycles. The molecule has 1 aromatic rings. The summed E-state index contributed by atoms with van der Waals surface area (Å²) >= 11 is 6.24. The van der Waals surface area contributed by atoms with Gasteiger partial charge in [0.1, 0.15) is 11.7 Å². The monoisotopic (exact) mass is 297 g/mol. The standard InChI is InChI=1S/C12H16ClN5O2/c1-3-4-5-17-11(13)9(8(2)16-17)6-14-18-7-10(19)15-12(18)20/h6H,3-5,7H2,1-2H3,(H,15,19,20)/b14-6+. The lowest BCUT2D eigenvalue weighted by Crippen LogP contribution is -2.24. The van der Waals surface area contributed by atoms with Crippen LogP contribution in [0.3, 0.4) is 0 Å². The number of hydrogen-bond donors (Lipinski definition) is 1. The van der Waals surface area contributed by atoms with Crippen LogP contribution in [0.5, 0.6) is 0 Å². The molecule has 1 saturated heterocycles. The van der Waals surface area contributed by atoms with Crippen molar-refractivity contribution in [1.82, 2.24) is 20.1 Å². The average molecular weight is 298 g/mol. The maximum Gasteiger partial charge on any atom is 0.344 e. The zero-order chi connectivity index (χ0) is 14.7. The van der Waals surface area contributed by atoms with Crippen molar-refractivity contribution < 1.29 is 9.59 Å². The molecule has 0 aliphatic carbocycles. The quantitative estimate of drug-likeness (QED) is 0.661. The highest BCUT2D eigenvalue weighted by Crippen LogP contribution is 2.18. The molecule has 2 heterocycles. The van der Waals surface area contributed by atoms with Gasteiger partial charge in [0.2, 0.25) is 5.91 Å². The minimum Gasteiger partial charge on any atom is -0.275 e. The largest absolute Gasteiger partial charge is 0.344 e. The van der Waals surface area contributed by atoms with Crippen molar-refractivity contribution in [2.75, 3.05) is 6.54 Å². The van der Waals surface area contributed by atoms with Gasteiger partial charge in [0.05, 0.1) is 17.5 Å². The number of carbonyl (C=O) groups is 2. The van der Waals surface area contributed by atoms with E-state index in [9.17, 15) is 9.59 Å². The van der Waals surface area contributed by atoms with E-state index in [1.54, 1.807) is 4.68 Å². The van der Waals surface area contributed by atoms with Crippen LogP contribution in [0.1, 0.15) is 31.0 Å². The lowest BCUT2D eigenvalue weighted by Gasteiger charge is -2.04. The SMILES string of the molecule is CCCCn1nc(C)c(/C=N/N2CC(=O)NC2=O)c1Cl. The normalized spacial score (nSPS) is 15.4. The van der Waals surface area contributed by atoms with Gasteiger partial charge in [-0.15, -0.1) is 0 Å². The molecule has 1 aromatic heterocycles. The van der Waals surface area contributed by atoms with Crippen molar-refractivity contribution >= 4 is 29.8 Å². The number of nitrogens with one attached hydrogen (secondary N) is 1. The first-order valence-corrected chi connectivity index (χ1v) is 6.79. The predicted molar refractivity (Wildman–Crippen MR) is 74.7 cm³/mol. The Bertz CT molecular complexity index is 566. The van der Waals surface area contributed by atoms with E-state index in [2.05, 4.69) is 22.4 Å². The predicted octanol–water partition coefficient (Wildman–Crippen LogP) is 1.53. The molecular formula is C12H16ClN5O2. The fraction of sp³-hybridized carbons (Fsp3) is 0.500. The van der Waals surface area contributed by atoms with Crippen LogP contribution in [-0.2, 0) is 11.3 Å². The fourth-order valence-corrected chi connectivity index (χ4v) is 2.13. The highest BCUT2D eigenvalue weighted by molar-refractivity contribution is 6.32. The van der Waals surface area contributed by atoms with Gasteiger partial charge < -0.3 is 0 Å². The van der Waals surface area contributed by atoms with E-state index in [4.69, 9.17) is 11.6 Å². The fourth-order valence-electron chi connectivity index (χ4n) is 1.82. The highest BCUT2D eigenvalue weighted by atomic mass is 35.5. The van der Waals surface area contributed by atoms with Gasteiger partial charge in [0, 0.05) is 6.54 Å². The number of amides is 3. The van der Waals surface area contributed by atoms with Gasteiger partial charge >= 0.3 is 6.03 Å².